The van der Waals surface area contributed by atoms with Gasteiger partial charge in [-0.3, -0.25) is 9.59 Å². The van der Waals surface area contributed by atoms with Crippen molar-refractivity contribution < 1.29 is 27.7 Å². The van der Waals surface area contributed by atoms with Gasteiger partial charge in [0.15, 0.2) is 5.78 Å². The number of rotatable bonds is 7. The fraction of sp³-hybridized carbons (Fsp3) is 0.500. The van der Waals surface area contributed by atoms with Crippen LogP contribution >= 0.6 is 0 Å². The number of nitrogens with zero attached hydrogens (tertiary/aromatic N) is 1. The highest BCUT2D eigenvalue weighted by Gasteiger charge is 2.37. The zero-order valence-corrected chi connectivity index (χ0v) is 15.4. The van der Waals surface area contributed by atoms with Gasteiger partial charge in [-0.2, -0.15) is 0 Å². The van der Waals surface area contributed by atoms with Crippen LogP contribution in [0.25, 0.3) is 0 Å². The molecule has 1 atom stereocenters. The van der Waals surface area contributed by atoms with Crippen LogP contribution in [0.1, 0.15) is 35.7 Å². The van der Waals surface area contributed by atoms with Crippen LogP contribution in [0.15, 0.2) is 18.2 Å². The Bertz CT molecular complexity index is 779. The molecule has 1 aliphatic heterocycles. The first-order valence-electron chi connectivity index (χ1n) is 8.00. The molecule has 0 spiro atoms. The molecule has 0 bridgehead atoms. The smallest absolute Gasteiger partial charge is 0.526 e. The standard InChI is InChI=1S/C16H22BNO6S/c1-11(19)15-6-4-5-12-9-13(17(21)24-16(12)15)10-14(20)7-8-18(2)25(3,22)23/h4-6,13,21H,7-10H2,1-3H3/t13-/m1/s1. The lowest BCUT2D eigenvalue weighted by Gasteiger charge is -2.28. The molecule has 0 amide bonds. The second-order valence-electron chi connectivity index (χ2n) is 6.40. The summed E-state index contributed by atoms with van der Waals surface area (Å²) in [4.78, 5) is 23.8. The lowest BCUT2D eigenvalue weighted by Crippen LogP contribution is -2.36. The predicted octanol–water partition coefficient (Wildman–Crippen LogP) is 0.915. The molecule has 1 aromatic carbocycles. The van der Waals surface area contributed by atoms with E-state index in [1.54, 1.807) is 12.1 Å². The Morgan fingerprint density at radius 3 is 2.68 bits per heavy atom. The summed E-state index contributed by atoms with van der Waals surface area (Å²) in [5.74, 6) is -0.342. The normalized spacial score (nSPS) is 17.2. The third-order valence-corrected chi connectivity index (χ3v) is 5.68. The van der Waals surface area contributed by atoms with E-state index in [1.807, 2.05) is 6.07 Å². The Hall–Kier alpha value is -1.71. The van der Waals surface area contributed by atoms with E-state index < -0.39 is 23.0 Å². The number of fused-ring (bicyclic) bond motifs is 1. The van der Waals surface area contributed by atoms with Crippen molar-refractivity contribution >= 4 is 28.7 Å². The van der Waals surface area contributed by atoms with Gasteiger partial charge in [-0.1, -0.05) is 12.1 Å². The molecule has 0 saturated carbocycles. The zero-order valence-electron chi connectivity index (χ0n) is 14.6. The van der Waals surface area contributed by atoms with Gasteiger partial charge in [0.2, 0.25) is 10.0 Å². The first-order chi connectivity index (χ1) is 11.6. The number of hydrogen-bond acceptors (Lipinski definition) is 6. The number of carbonyl (C=O) groups excluding carboxylic acids is 2. The van der Waals surface area contributed by atoms with Crippen LogP contribution in [0.4, 0.5) is 0 Å². The van der Waals surface area contributed by atoms with Gasteiger partial charge in [-0.25, -0.2) is 12.7 Å². The van der Waals surface area contributed by atoms with Crippen molar-refractivity contribution in [3.8, 4) is 5.75 Å². The molecule has 1 aliphatic rings. The Morgan fingerprint density at radius 1 is 1.40 bits per heavy atom. The monoisotopic (exact) mass is 367 g/mol. The highest BCUT2D eigenvalue weighted by Crippen LogP contribution is 2.36. The molecule has 2 rings (SSSR count). The van der Waals surface area contributed by atoms with Crippen molar-refractivity contribution in [3.05, 3.63) is 29.3 Å². The number of sulfonamides is 1. The fourth-order valence-corrected chi connectivity index (χ4v) is 3.20. The minimum Gasteiger partial charge on any atom is -0.535 e. The van der Waals surface area contributed by atoms with Gasteiger partial charge in [-0.05, 0) is 25.0 Å². The third kappa shape index (κ3) is 4.90. The molecular weight excluding hydrogens is 345 g/mol. The first-order valence-corrected chi connectivity index (χ1v) is 9.85. The summed E-state index contributed by atoms with van der Waals surface area (Å²) in [7, 11) is -3.08. The SMILES string of the molecule is CC(=O)c1cccc2c1OB(O)[C@@H](CC(=O)CCN(C)S(C)(=O)=O)C2. The Balaban J connectivity index is 2.02. The minimum atomic E-state index is -3.32. The van der Waals surface area contributed by atoms with Crippen LogP contribution in [-0.4, -0.2) is 56.3 Å². The van der Waals surface area contributed by atoms with Gasteiger partial charge in [0.05, 0.1) is 11.8 Å². The largest absolute Gasteiger partial charge is 0.535 e. The quantitative estimate of drug-likeness (QED) is 0.568. The molecule has 25 heavy (non-hydrogen) atoms. The summed E-state index contributed by atoms with van der Waals surface area (Å²) in [5, 5.41) is 10.2. The van der Waals surface area contributed by atoms with Gasteiger partial charge >= 0.3 is 7.12 Å². The third-order valence-electron chi connectivity index (χ3n) is 4.36. The minimum absolute atomic E-state index is 0.0765. The molecule has 1 aromatic rings. The van der Waals surface area contributed by atoms with E-state index in [2.05, 4.69) is 0 Å². The highest BCUT2D eigenvalue weighted by molar-refractivity contribution is 7.88. The average molecular weight is 367 g/mol. The van der Waals surface area contributed by atoms with Gasteiger partial charge in [0, 0.05) is 32.3 Å². The summed E-state index contributed by atoms with van der Waals surface area (Å²) in [6, 6.07) is 5.19. The summed E-state index contributed by atoms with van der Waals surface area (Å²) in [5.41, 5.74) is 1.19. The predicted molar refractivity (Wildman–Crippen MR) is 94.2 cm³/mol. The molecular formula is C16H22BNO6S. The molecule has 0 aliphatic carbocycles. The van der Waals surface area contributed by atoms with Gasteiger partial charge < -0.3 is 9.68 Å². The lowest BCUT2D eigenvalue weighted by molar-refractivity contribution is -0.119. The van der Waals surface area contributed by atoms with Gasteiger partial charge in [0.25, 0.3) is 0 Å². The highest BCUT2D eigenvalue weighted by atomic mass is 32.2. The molecule has 0 aromatic heterocycles. The van der Waals surface area contributed by atoms with Gasteiger partial charge in [0.1, 0.15) is 11.5 Å². The van der Waals surface area contributed by atoms with Crippen molar-refractivity contribution in [2.24, 2.45) is 0 Å². The van der Waals surface area contributed by atoms with E-state index in [1.165, 1.54) is 14.0 Å². The van der Waals surface area contributed by atoms with Gasteiger partial charge in [-0.15, -0.1) is 0 Å². The van der Waals surface area contributed by atoms with Crippen LogP contribution in [0, 0.1) is 0 Å². The maximum atomic E-state index is 12.1. The second-order valence-corrected chi connectivity index (χ2v) is 8.49. The molecule has 7 nitrogen and oxygen atoms in total. The van der Waals surface area contributed by atoms with E-state index in [0.29, 0.717) is 17.7 Å². The van der Waals surface area contributed by atoms with E-state index in [9.17, 15) is 23.0 Å². The van der Waals surface area contributed by atoms with Crippen molar-refractivity contribution in [2.45, 2.75) is 32.0 Å². The number of benzene rings is 1. The molecule has 0 fully saturated rings. The maximum Gasteiger partial charge on any atom is 0.526 e. The summed E-state index contributed by atoms with van der Waals surface area (Å²) < 4.78 is 29.3. The van der Waals surface area contributed by atoms with E-state index in [0.717, 1.165) is 16.1 Å². The number of ketones is 2. The van der Waals surface area contributed by atoms with E-state index in [4.69, 9.17) is 4.65 Å². The fourth-order valence-electron chi connectivity index (χ4n) is 2.78. The molecule has 1 heterocycles. The van der Waals surface area contributed by atoms with Crippen molar-refractivity contribution in [3.63, 3.8) is 0 Å². The average Bonchev–Trinajstić information content (AvgIpc) is 2.51. The molecule has 0 radical (unpaired) electrons. The number of carbonyl (C=O) groups is 2. The number of hydrogen-bond donors (Lipinski definition) is 1. The summed E-state index contributed by atoms with van der Waals surface area (Å²) in [6.07, 6.45) is 1.67. The maximum absolute atomic E-state index is 12.1. The van der Waals surface area contributed by atoms with E-state index >= 15 is 0 Å². The van der Waals surface area contributed by atoms with Crippen molar-refractivity contribution in [1.29, 1.82) is 0 Å². The lowest BCUT2D eigenvalue weighted by atomic mass is 9.64. The Kier molecular flexibility index (Phi) is 6.02. The molecule has 9 heteroatoms. The summed E-state index contributed by atoms with van der Waals surface area (Å²) >= 11 is 0. The van der Waals surface area contributed by atoms with Crippen LogP contribution in [-0.2, 0) is 21.2 Å². The molecule has 0 saturated heterocycles. The molecule has 1 N–H and O–H groups in total. The molecule has 0 unspecified atom stereocenters. The van der Waals surface area contributed by atoms with Crippen molar-refractivity contribution in [1.82, 2.24) is 4.31 Å². The zero-order chi connectivity index (χ0) is 18.8. The van der Waals surface area contributed by atoms with Crippen molar-refractivity contribution in [2.75, 3.05) is 19.8 Å². The van der Waals surface area contributed by atoms with Crippen LogP contribution in [0.5, 0.6) is 5.75 Å². The second kappa shape index (κ2) is 7.67. The van der Waals surface area contributed by atoms with Crippen LogP contribution in [0.2, 0.25) is 5.82 Å². The molecule has 136 valence electrons. The van der Waals surface area contributed by atoms with Crippen LogP contribution in [0.3, 0.4) is 0 Å². The Labute approximate surface area is 148 Å². The number of para-hydroxylation sites is 1. The first kappa shape index (κ1) is 19.6. The van der Waals surface area contributed by atoms with Crippen LogP contribution < -0.4 is 4.65 Å². The van der Waals surface area contributed by atoms with E-state index in [-0.39, 0.29) is 31.0 Å². The topological polar surface area (TPSA) is 101 Å². The number of Topliss-reactive ketones (excluding diaryl/α,β-unsaturated/α-hetero) is 2. The summed E-state index contributed by atoms with van der Waals surface area (Å²) in [6.45, 7) is 1.53. The Morgan fingerprint density at radius 2 is 2.08 bits per heavy atom.